The van der Waals surface area contributed by atoms with Crippen molar-refractivity contribution in [1.82, 2.24) is 10.3 Å². The van der Waals surface area contributed by atoms with Crippen LogP contribution in [0.15, 0.2) is 48.8 Å². The lowest BCUT2D eigenvalue weighted by molar-refractivity contribution is 0.484. The maximum Gasteiger partial charge on any atom is 0.0377 e. The Bertz CT molecular complexity index is 525. The van der Waals surface area contributed by atoms with Gasteiger partial charge in [0.25, 0.3) is 0 Å². The second-order valence-electron chi connectivity index (χ2n) is 5.38. The predicted molar refractivity (Wildman–Crippen MR) is 89.1 cm³/mol. The van der Waals surface area contributed by atoms with Crippen LogP contribution in [0.5, 0.6) is 0 Å². The first kappa shape index (κ1) is 15.5. The molecule has 0 saturated heterocycles. The zero-order chi connectivity index (χ0) is 14.9. The van der Waals surface area contributed by atoms with Gasteiger partial charge in [0.15, 0.2) is 0 Å². The molecule has 1 aromatic heterocycles. The smallest absolute Gasteiger partial charge is 0.0377 e. The van der Waals surface area contributed by atoms with Gasteiger partial charge in [-0.3, -0.25) is 4.98 Å². The Hall–Kier alpha value is -1.87. The van der Waals surface area contributed by atoms with Crippen molar-refractivity contribution in [3.8, 4) is 0 Å². The number of benzene rings is 1. The molecule has 3 N–H and O–H groups in total. The molecule has 1 heterocycles. The second-order valence-corrected chi connectivity index (χ2v) is 5.38. The quantitative estimate of drug-likeness (QED) is 0.776. The van der Waals surface area contributed by atoms with E-state index in [0.717, 1.165) is 43.5 Å². The highest BCUT2D eigenvalue weighted by Crippen LogP contribution is 2.21. The Morgan fingerprint density at radius 1 is 1.19 bits per heavy atom. The molecule has 112 valence electrons. The van der Waals surface area contributed by atoms with Crippen LogP contribution in [0, 0.1) is 0 Å². The molecule has 0 saturated carbocycles. The zero-order valence-corrected chi connectivity index (χ0v) is 12.8. The van der Waals surface area contributed by atoms with Crippen LogP contribution >= 0.6 is 0 Å². The van der Waals surface area contributed by atoms with Crippen LogP contribution < -0.4 is 11.1 Å². The second kappa shape index (κ2) is 8.42. The van der Waals surface area contributed by atoms with E-state index in [1.165, 1.54) is 5.56 Å². The van der Waals surface area contributed by atoms with E-state index in [-0.39, 0.29) is 0 Å². The van der Waals surface area contributed by atoms with Gasteiger partial charge >= 0.3 is 0 Å². The van der Waals surface area contributed by atoms with Crippen molar-refractivity contribution in [2.45, 2.75) is 38.6 Å². The lowest BCUT2D eigenvalue weighted by atomic mass is 9.99. The molecule has 2 rings (SSSR count). The third-order valence-electron chi connectivity index (χ3n) is 3.72. The minimum atomic E-state index is 0.420. The van der Waals surface area contributed by atoms with Crippen molar-refractivity contribution in [3.63, 3.8) is 0 Å². The van der Waals surface area contributed by atoms with Crippen molar-refractivity contribution in [2.24, 2.45) is 0 Å². The summed E-state index contributed by atoms with van der Waals surface area (Å²) in [7, 11) is 0. The van der Waals surface area contributed by atoms with E-state index >= 15 is 0 Å². The molecule has 1 aromatic carbocycles. The zero-order valence-electron chi connectivity index (χ0n) is 12.8. The average molecular weight is 283 g/mol. The topological polar surface area (TPSA) is 50.9 Å². The monoisotopic (exact) mass is 283 g/mol. The van der Waals surface area contributed by atoms with Gasteiger partial charge in [-0.05, 0) is 49.4 Å². The summed E-state index contributed by atoms with van der Waals surface area (Å²) in [5.41, 5.74) is 9.34. The molecule has 2 aromatic rings. The molecule has 0 aliphatic rings. The normalized spacial score (nSPS) is 12.2. The molecule has 0 amide bonds. The van der Waals surface area contributed by atoms with Gasteiger partial charge in [0, 0.05) is 24.1 Å². The number of nitrogens with two attached hydrogens (primary N) is 1. The van der Waals surface area contributed by atoms with Crippen molar-refractivity contribution >= 4 is 5.69 Å². The number of nitrogens with zero attached hydrogens (tertiary/aromatic N) is 1. The molecule has 3 nitrogen and oxygen atoms in total. The van der Waals surface area contributed by atoms with E-state index in [0.29, 0.717) is 6.04 Å². The largest absolute Gasteiger partial charge is 0.398 e. The van der Waals surface area contributed by atoms with Crippen molar-refractivity contribution in [3.05, 3.63) is 59.9 Å². The van der Waals surface area contributed by atoms with Crippen molar-refractivity contribution in [2.75, 3.05) is 12.3 Å². The summed E-state index contributed by atoms with van der Waals surface area (Å²) in [6.07, 6.45) is 7.97. The first-order valence-electron chi connectivity index (χ1n) is 7.78. The van der Waals surface area contributed by atoms with Crippen LogP contribution in [0.2, 0.25) is 0 Å². The first-order chi connectivity index (χ1) is 10.3. The molecule has 0 fully saturated rings. The summed E-state index contributed by atoms with van der Waals surface area (Å²) in [4.78, 5) is 4.16. The fraction of sp³-hybridized carbons (Fsp3) is 0.389. The summed E-state index contributed by atoms with van der Waals surface area (Å²) < 4.78 is 0. The Morgan fingerprint density at radius 3 is 2.71 bits per heavy atom. The number of hydrogen-bond acceptors (Lipinski definition) is 3. The number of nitrogen functional groups attached to an aromatic ring is 1. The molecule has 0 aliphatic heterocycles. The van der Waals surface area contributed by atoms with Gasteiger partial charge in [-0.1, -0.05) is 37.3 Å². The molecule has 3 heteroatoms. The Labute approximate surface area is 127 Å². The fourth-order valence-electron chi connectivity index (χ4n) is 2.53. The Morgan fingerprint density at radius 2 is 2.00 bits per heavy atom. The standard InChI is InChI=1S/C18H25N3/c1-2-12-21-18(15-7-4-3-5-8-15)10-6-9-16-14-20-13-11-17(16)19/h3-5,7-8,11,13-14,18,21H,2,6,9-10,12H2,1H3,(H2,19,20). The summed E-state index contributed by atoms with van der Waals surface area (Å²) >= 11 is 0. The van der Waals surface area contributed by atoms with Crippen LogP contribution in [-0.4, -0.2) is 11.5 Å². The van der Waals surface area contributed by atoms with E-state index in [2.05, 4.69) is 47.6 Å². The third-order valence-corrected chi connectivity index (χ3v) is 3.72. The summed E-state index contributed by atoms with van der Waals surface area (Å²) in [6, 6.07) is 13.0. The highest BCUT2D eigenvalue weighted by molar-refractivity contribution is 5.44. The maximum absolute atomic E-state index is 5.97. The van der Waals surface area contributed by atoms with Crippen LogP contribution in [-0.2, 0) is 6.42 Å². The molecule has 0 bridgehead atoms. The van der Waals surface area contributed by atoms with Gasteiger partial charge in [-0.25, -0.2) is 0 Å². The number of anilines is 1. The summed E-state index contributed by atoms with van der Waals surface area (Å²) in [5, 5.41) is 3.64. The van der Waals surface area contributed by atoms with Gasteiger partial charge < -0.3 is 11.1 Å². The lowest BCUT2D eigenvalue weighted by Crippen LogP contribution is -2.22. The highest BCUT2D eigenvalue weighted by atomic mass is 14.9. The van der Waals surface area contributed by atoms with E-state index < -0.39 is 0 Å². The van der Waals surface area contributed by atoms with E-state index in [1.807, 2.05) is 12.3 Å². The number of rotatable bonds is 8. The number of aryl methyl sites for hydroxylation is 1. The number of nitrogens with one attached hydrogen (secondary N) is 1. The number of pyridine rings is 1. The maximum atomic E-state index is 5.97. The van der Waals surface area contributed by atoms with Gasteiger partial charge in [0.05, 0.1) is 0 Å². The molecular formula is C18H25N3. The first-order valence-corrected chi connectivity index (χ1v) is 7.78. The van der Waals surface area contributed by atoms with E-state index in [4.69, 9.17) is 5.73 Å². The molecule has 1 unspecified atom stereocenters. The minimum absolute atomic E-state index is 0.420. The molecule has 0 aliphatic carbocycles. The average Bonchev–Trinajstić information content (AvgIpc) is 2.53. The van der Waals surface area contributed by atoms with Gasteiger partial charge in [-0.15, -0.1) is 0 Å². The van der Waals surface area contributed by atoms with E-state index in [9.17, 15) is 0 Å². The fourth-order valence-corrected chi connectivity index (χ4v) is 2.53. The van der Waals surface area contributed by atoms with Crippen molar-refractivity contribution in [1.29, 1.82) is 0 Å². The summed E-state index contributed by atoms with van der Waals surface area (Å²) in [5.74, 6) is 0. The Kier molecular flexibility index (Phi) is 6.22. The molecule has 21 heavy (non-hydrogen) atoms. The number of aromatic nitrogens is 1. The minimum Gasteiger partial charge on any atom is -0.398 e. The van der Waals surface area contributed by atoms with Crippen LogP contribution in [0.1, 0.15) is 43.4 Å². The molecule has 0 spiro atoms. The van der Waals surface area contributed by atoms with Gasteiger partial charge in [0.2, 0.25) is 0 Å². The number of hydrogen-bond donors (Lipinski definition) is 2. The Balaban J connectivity index is 1.92. The SMILES string of the molecule is CCCNC(CCCc1cnccc1N)c1ccccc1. The molecule has 0 radical (unpaired) electrons. The highest BCUT2D eigenvalue weighted by Gasteiger charge is 2.10. The van der Waals surface area contributed by atoms with Gasteiger partial charge in [-0.2, -0.15) is 0 Å². The van der Waals surface area contributed by atoms with Crippen LogP contribution in [0.25, 0.3) is 0 Å². The molecular weight excluding hydrogens is 258 g/mol. The molecule has 1 atom stereocenters. The predicted octanol–water partition coefficient (Wildman–Crippen LogP) is 3.73. The lowest BCUT2D eigenvalue weighted by Gasteiger charge is -2.19. The van der Waals surface area contributed by atoms with Crippen LogP contribution in [0.4, 0.5) is 5.69 Å². The third kappa shape index (κ3) is 4.87. The van der Waals surface area contributed by atoms with Gasteiger partial charge in [0.1, 0.15) is 0 Å². The van der Waals surface area contributed by atoms with Crippen molar-refractivity contribution < 1.29 is 0 Å². The van der Waals surface area contributed by atoms with Crippen LogP contribution in [0.3, 0.4) is 0 Å². The van der Waals surface area contributed by atoms with E-state index in [1.54, 1.807) is 6.20 Å². The summed E-state index contributed by atoms with van der Waals surface area (Å²) in [6.45, 7) is 3.25.